The van der Waals surface area contributed by atoms with Crippen LogP contribution in [0.5, 0.6) is 0 Å². The van der Waals surface area contributed by atoms with Crippen molar-refractivity contribution in [2.45, 2.75) is 33.1 Å². The molecular formula is C14H26N2O3. The second kappa shape index (κ2) is 7.48. The van der Waals surface area contributed by atoms with E-state index in [0.29, 0.717) is 38.4 Å². The van der Waals surface area contributed by atoms with Gasteiger partial charge in [-0.1, -0.05) is 13.8 Å². The zero-order chi connectivity index (χ0) is 14.4. The molecule has 1 heterocycles. The maximum Gasteiger partial charge on any atom is 0.308 e. The smallest absolute Gasteiger partial charge is 0.308 e. The summed E-state index contributed by atoms with van der Waals surface area (Å²) in [5.41, 5.74) is 5.70. The SMILES string of the molecule is COC(=O)C1CCN(C(=O)C(CN)CC(C)C)CC1. The highest BCUT2D eigenvalue weighted by Gasteiger charge is 2.30. The average Bonchev–Trinajstić information content (AvgIpc) is 2.43. The Balaban J connectivity index is 2.49. The fourth-order valence-corrected chi connectivity index (χ4v) is 2.63. The van der Waals surface area contributed by atoms with Crippen molar-refractivity contribution < 1.29 is 14.3 Å². The lowest BCUT2D eigenvalue weighted by molar-refractivity contribution is -0.149. The second-order valence-corrected chi connectivity index (χ2v) is 5.68. The van der Waals surface area contributed by atoms with E-state index in [0.717, 1.165) is 6.42 Å². The molecule has 1 aliphatic heterocycles. The van der Waals surface area contributed by atoms with E-state index in [9.17, 15) is 9.59 Å². The van der Waals surface area contributed by atoms with Crippen LogP contribution in [0.1, 0.15) is 33.1 Å². The number of nitrogens with zero attached hydrogens (tertiary/aromatic N) is 1. The molecule has 0 aromatic heterocycles. The summed E-state index contributed by atoms with van der Waals surface area (Å²) >= 11 is 0. The van der Waals surface area contributed by atoms with Gasteiger partial charge in [0.15, 0.2) is 0 Å². The third kappa shape index (κ3) is 4.49. The molecule has 110 valence electrons. The molecule has 1 atom stereocenters. The van der Waals surface area contributed by atoms with E-state index >= 15 is 0 Å². The Hall–Kier alpha value is -1.10. The Labute approximate surface area is 115 Å². The van der Waals surface area contributed by atoms with Crippen LogP contribution in [0, 0.1) is 17.8 Å². The highest BCUT2D eigenvalue weighted by atomic mass is 16.5. The van der Waals surface area contributed by atoms with Crippen LogP contribution >= 0.6 is 0 Å². The van der Waals surface area contributed by atoms with Gasteiger partial charge in [0.25, 0.3) is 0 Å². The Morgan fingerprint density at radius 3 is 2.32 bits per heavy atom. The monoisotopic (exact) mass is 270 g/mol. The van der Waals surface area contributed by atoms with E-state index in [1.54, 1.807) is 0 Å². The first-order valence-corrected chi connectivity index (χ1v) is 7.06. The number of nitrogens with two attached hydrogens (primary N) is 1. The van der Waals surface area contributed by atoms with Crippen molar-refractivity contribution in [3.05, 3.63) is 0 Å². The van der Waals surface area contributed by atoms with Crippen molar-refractivity contribution in [3.8, 4) is 0 Å². The average molecular weight is 270 g/mol. The molecule has 1 rings (SSSR count). The molecular weight excluding hydrogens is 244 g/mol. The third-order valence-electron chi connectivity index (χ3n) is 3.73. The molecule has 1 saturated heterocycles. The molecule has 5 heteroatoms. The van der Waals surface area contributed by atoms with Gasteiger partial charge in [0.2, 0.25) is 5.91 Å². The molecule has 0 aromatic carbocycles. The molecule has 0 spiro atoms. The number of hydrogen-bond acceptors (Lipinski definition) is 4. The lowest BCUT2D eigenvalue weighted by atomic mass is 9.92. The first kappa shape index (κ1) is 16.0. The standard InChI is InChI=1S/C14H26N2O3/c1-10(2)8-12(9-15)13(17)16-6-4-11(5-7-16)14(18)19-3/h10-12H,4-9,15H2,1-3H3. The fraction of sp³-hybridized carbons (Fsp3) is 0.857. The largest absolute Gasteiger partial charge is 0.469 e. The summed E-state index contributed by atoms with van der Waals surface area (Å²) in [4.78, 5) is 25.6. The predicted octanol–water partition coefficient (Wildman–Crippen LogP) is 1.02. The summed E-state index contributed by atoms with van der Waals surface area (Å²) in [6.07, 6.45) is 2.21. The molecule has 2 N–H and O–H groups in total. The van der Waals surface area contributed by atoms with Crippen LogP contribution in [-0.4, -0.2) is 43.5 Å². The summed E-state index contributed by atoms with van der Waals surface area (Å²) in [5, 5.41) is 0. The quantitative estimate of drug-likeness (QED) is 0.757. The van der Waals surface area contributed by atoms with Gasteiger partial charge in [0.1, 0.15) is 0 Å². The van der Waals surface area contributed by atoms with Crippen molar-refractivity contribution in [2.75, 3.05) is 26.7 Å². The maximum atomic E-state index is 12.3. The Kier molecular flexibility index (Phi) is 6.28. The number of rotatable bonds is 5. The molecule has 0 radical (unpaired) electrons. The molecule has 0 saturated carbocycles. The van der Waals surface area contributed by atoms with Crippen molar-refractivity contribution in [2.24, 2.45) is 23.5 Å². The van der Waals surface area contributed by atoms with Crippen molar-refractivity contribution in [1.29, 1.82) is 0 Å². The lowest BCUT2D eigenvalue weighted by Gasteiger charge is -2.33. The van der Waals surface area contributed by atoms with Gasteiger partial charge >= 0.3 is 5.97 Å². The Morgan fingerprint density at radius 2 is 1.89 bits per heavy atom. The van der Waals surface area contributed by atoms with Crippen LogP contribution < -0.4 is 5.73 Å². The second-order valence-electron chi connectivity index (χ2n) is 5.68. The van der Waals surface area contributed by atoms with Crippen LogP contribution in [0.4, 0.5) is 0 Å². The topological polar surface area (TPSA) is 72.6 Å². The number of methoxy groups -OCH3 is 1. The normalized spacial score (nSPS) is 18.5. The Bertz CT molecular complexity index is 310. The van der Waals surface area contributed by atoms with Gasteiger partial charge in [0.05, 0.1) is 18.9 Å². The van der Waals surface area contributed by atoms with Crippen LogP contribution in [-0.2, 0) is 14.3 Å². The van der Waals surface area contributed by atoms with Gasteiger partial charge < -0.3 is 15.4 Å². The molecule has 1 aliphatic rings. The van der Waals surface area contributed by atoms with E-state index < -0.39 is 0 Å². The van der Waals surface area contributed by atoms with E-state index in [1.165, 1.54) is 7.11 Å². The molecule has 1 unspecified atom stereocenters. The van der Waals surface area contributed by atoms with Gasteiger partial charge in [-0.3, -0.25) is 9.59 Å². The molecule has 5 nitrogen and oxygen atoms in total. The minimum absolute atomic E-state index is 0.0597. The minimum atomic E-state index is -0.162. The maximum absolute atomic E-state index is 12.3. The Morgan fingerprint density at radius 1 is 1.32 bits per heavy atom. The molecule has 0 aliphatic carbocycles. The van der Waals surface area contributed by atoms with Crippen molar-refractivity contribution in [3.63, 3.8) is 0 Å². The summed E-state index contributed by atoms with van der Waals surface area (Å²) < 4.78 is 4.74. The summed E-state index contributed by atoms with van der Waals surface area (Å²) in [6, 6.07) is 0. The zero-order valence-corrected chi connectivity index (χ0v) is 12.2. The summed E-state index contributed by atoms with van der Waals surface area (Å²) in [5.74, 6) is 0.291. The molecule has 0 bridgehead atoms. The van der Waals surface area contributed by atoms with Gasteiger partial charge in [-0.05, 0) is 25.2 Å². The first-order chi connectivity index (χ1) is 8.99. The van der Waals surface area contributed by atoms with E-state index in [4.69, 9.17) is 10.5 Å². The van der Waals surface area contributed by atoms with E-state index in [1.807, 2.05) is 4.90 Å². The van der Waals surface area contributed by atoms with Gasteiger partial charge in [-0.25, -0.2) is 0 Å². The van der Waals surface area contributed by atoms with Gasteiger partial charge in [-0.15, -0.1) is 0 Å². The number of ether oxygens (including phenoxy) is 1. The summed E-state index contributed by atoms with van der Waals surface area (Å²) in [7, 11) is 1.41. The van der Waals surface area contributed by atoms with Crippen LogP contribution in [0.25, 0.3) is 0 Å². The highest BCUT2D eigenvalue weighted by Crippen LogP contribution is 2.21. The van der Waals surface area contributed by atoms with Gasteiger partial charge in [-0.2, -0.15) is 0 Å². The zero-order valence-electron chi connectivity index (χ0n) is 12.2. The molecule has 0 aromatic rings. The molecule has 1 fully saturated rings. The van der Waals surface area contributed by atoms with Crippen LogP contribution in [0.2, 0.25) is 0 Å². The van der Waals surface area contributed by atoms with Crippen LogP contribution in [0.15, 0.2) is 0 Å². The number of hydrogen-bond donors (Lipinski definition) is 1. The molecule has 19 heavy (non-hydrogen) atoms. The number of amides is 1. The van der Waals surface area contributed by atoms with Crippen molar-refractivity contribution >= 4 is 11.9 Å². The van der Waals surface area contributed by atoms with Gasteiger partial charge in [0, 0.05) is 19.6 Å². The molecule has 1 amide bonds. The number of likely N-dealkylation sites (tertiary alicyclic amines) is 1. The summed E-state index contributed by atoms with van der Waals surface area (Å²) in [6.45, 7) is 5.85. The predicted molar refractivity (Wildman–Crippen MR) is 73.3 cm³/mol. The van der Waals surface area contributed by atoms with E-state index in [-0.39, 0.29) is 23.7 Å². The number of esters is 1. The fourth-order valence-electron chi connectivity index (χ4n) is 2.63. The van der Waals surface area contributed by atoms with E-state index in [2.05, 4.69) is 13.8 Å². The lowest BCUT2D eigenvalue weighted by Crippen LogP contribution is -2.45. The van der Waals surface area contributed by atoms with Crippen LogP contribution in [0.3, 0.4) is 0 Å². The number of piperidine rings is 1. The highest BCUT2D eigenvalue weighted by molar-refractivity contribution is 5.79. The third-order valence-corrected chi connectivity index (χ3v) is 3.73. The van der Waals surface area contributed by atoms with Crippen molar-refractivity contribution in [1.82, 2.24) is 4.90 Å². The first-order valence-electron chi connectivity index (χ1n) is 7.06. The minimum Gasteiger partial charge on any atom is -0.469 e. The number of carbonyl (C=O) groups is 2. The number of carbonyl (C=O) groups excluding carboxylic acids is 2.